The Labute approximate surface area is 60.8 Å². The molecule has 1 aromatic rings. The van der Waals surface area contributed by atoms with Crippen molar-refractivity contribution in [2.45, 2.75) is 6.42 Å². The fraction of sp³-hybridized carbons (Fsp3) is 0.125. The van der Waals surface area contributed by atoms with Crippen molar-refractivity contribution in [1.82, 2.24) is 0 Å². The molecule has 0 spiro atoms. The Bertz CT molecular complexity index is 231. The zero-order valence-electron chi connectivity index (χ0n) is 5.80. The lowest BCUT2D eigenvalue weighted by Gasteiger charge is -2.01. The molecule has 0 saturated carbocycles. The van der Waals surface area contributed by atoms with Gasteiger partial charge in [0.2, 0.25) is 0 Å². The van der Waals surface area contributed by atoms with Gasteiger partial charge in [-0.05, 0) is 31.0 Å². The molecule has 0 unspecified atom stereocenters. The standard InChI is InChI=1S/C8H11N2/c1-2-6-3-4-7(9)5-8(6)10/h3-5H,1-2,9-10H2. The van der Waals surface area contributed by atoms with Crippen LogP contribution in [0.2, 0.25) is 0 Å². The Kier molecular flexibility index (Phi) is 1.81. The predicted octanol–water partition coefficient (Wildman–Crippen LogP) is 1.23. The first-order chi connectivity index (χ1) is 4.74. The minimum Gasteiger partial charge on any atom is -0.399 e. The second kappa shape index (κ2) is 2.60. The first-order valence-corrected chi connectivity index (χ1v) is 3.17. The fourth-order valence-electron chi connectivity index (χ4n) is 0.841. The van der Waals surface area contributed by atoms with Crippen molar-refractivity contribution in [3.63, 3.8) is 0 Å². The number of hydrogen-bond acceptors (Lipinski definition) is 2. The zero-order valence-corrected chi connectivity index (χ0v) is 5.80. The molecule has 4 N–H and O–H groups in total. The van der Waals surface area contributed by atoms with Crippen LogP contribution in [0.4, 0.5) is 11.4 Å². The number of nitrogens with two attached hydrogens (primary N) is 2. The summed E-state index contributed by atoms with van der Waals surface area (Å²) in [6.07, 6.45) is 0.714. The van der Waals surface area contributed by atoms with Crippen molar-refractivity contribution < 1.29 is 0 Å². The Hall–Kier alpha value is -1.18. The van der Waals surface area contributed by atoms with Crippen molar-refractivity contribution in [1.29, 1.82) is 0 Å². The Morgan fingerprint density at radius 3 is 2.50 bits per heavy atom. The van der Waals surface area contributed by atoms with E-state index in [1.54, 1.807) is 6.07 Å². The summed E-state index contributed by atoms with van der Waals surface area (Å²) in [7, 11) is 0. The molecule has 0 aromatic heterocycles. The van der Waals surface area contributed by atoms with Crippen molar-refractivity contribution in [2.75, 3.05) is 11.5 Å². The molecule has 0 aliphatic heterocycles. The molecule has 0 aliphatic carbocycles. The van der Waals surface area contributed by atoms with Crippen LogP contribution in [0.1, 0.15) is 5.56 Å². The van der Waals surface area contributed by atoms with Crippen molar-refractivity contribution >= 4 is 11.4 Å². The van der Waals surface area contributed by atoms with Crippen LogP contribution in [0.3, 0.4) is 0 Å². The lowest BCUT2D eigenvalue weighted by atomic mass is 10.1. The van der Waals surface area contributed by atoms with Crippen molar-refractivity contribution in [2.24, 2.45) is 0 Å². The summed E-state index contributed by atoms with van der Waals surface area (Å²) >= 11 is 0. The van der Waals surface area contributed by atoms with Crippen LogP contribution in [0, 0.1) is 6.92 Å². The molecule has 53 valence electrons. The van der Waals surface area contributed by atoms with Gasteiger partial charge in [-0.1, -0.05) is 6.07 Å². The molecule has 10 heavy (non-hydrogen) atoms. The van der Waals surface area contributed by atoms with Crippen LogP contribution in [0.5, 0.6) is 0 Å². The molecule has 0 bridgehead atoms. The molecule has 1 rings (SSSR count). The highest BCUT2D eigenvalue weighted by Crippen LogP contribution is 2.15. The lowest BCUT2D eigenvalue weighted by molar-refractivity contribution is 1.28. The molecule has 0 atom stereocenters. The van der Waals surface area contributed by atoms with E-state index in [0.29, 0.717) is 12.1 Å². The maximum Gasteiger partial charge on any atom is 0.0367 e. The number of hydrogen-bond donors (Lipinski definition) is 2. The van der Waals surface area contributed by atoms with Gasteiger partial charge in [-0.3, -0.25) is 0 Å². The summed E-state index contributed by atoms with van der Waals surface area (Å²) in [5.41, 5.74) is 13.6. The summed E-state index contributed by atoms with van der Waals surface area (Å²) in [6.45, 7) is 3.73. The fourth-order valence-corrected chi connectivity index (χ4v) is 0.841. The van der Waals surface area contributed by atoms with Gasteiger partial charge in [0.05, 0.1) is 0 Å². The number of nitrogen functional groups attached to an aromatic ring is 2. The van der Waals surface area contributed by atoms with Crippen LogP contribution in [0.25, 0.3) is 0 Å². The molecular weight excluding hydrogens is 124 g/mol. The van der Waals surface area contributed by atoms with Crippen LogP contribution in [-0.2, 0) is 6.42 Å². The highest BCUT2D eigenvalue weighted by molar-refractivity contribution is 5.56. The van der Waals surface area contributed by atoms with E-state index in [4.69, 9.17) is 11.5 Å². The average Bonchev–Trinajstić information content (AvgIpc) is 1.88. The van der Waals surface area contributed by atoms with Gasteiger partial charge in [0, 0.05) is 11.4 Å². The third-order valence-electron chi connectivity index (χ3n) is 1.44. The van der Waals surface area contributed by atoms with Gasteiger partial charge in [-0.25, -0.2) is 0 Å². The molecule has 0 fully saturated rings. The van der Waals surface area contributed by atoms with Crippen LogP contribution < -0.4 is 11.5 Å². The third kappa shape index (κ3) is 1.21. The Morgan fingerprint density at radius 2 is 2.00 bits per heavy atom. The van der Waals surface area contributed by atoms with Crippen LogP contribution >= 0.6 is 0 Å². The van der Waals surface area contributed by atoms with Crippen LogP contribution in [0.15, 0.2) is 18.2 Å². The van der Waals surface area contributed by atoms with Gasteiger partial charge < -0.3 is 11.5 Å². The smallest absolute Gasteiger partial charge is 0.0367 e. The summed E-state index contributed by atoms with van der Waals surface area (Å²) in [4.78, 5) is 0. The monoisotopic (exact) mass is 135 g/mol. The van der Waals surface area contributed by atoms with E-state index in [-0.39, 0.29) is 0 Å². The molecule has 1 aromatic carbocycles. The predicted molar refractivity (Wildman–Crippen MR) is 44.3 cm³/mol. The molecule has 0 heterocycles. The minimum absolute atomic E-state index is 0.703. The number of anilines is 2. The first-order valence-electron chi connectivity index (χ1n) is 3.17. The SMILES string of the molecule is [CH2]Cc1ccc(N)cc1N. The molecule has 2 heteroatoms. The lowest BCUT2D eigenvalue weighted by Crippen LogP contribution is -1.94. The number of rotatable bonds is 1. The van der Waals surface area contributed by atoms with E-state index in [2.05, 4.69) is 6.92 Å². The maximum absolute atomic E-state index is 5.61. The van der Waals surface area contributed by atoms with E-state index >= 15 is 0 Å². The molecule has 2 nitrogen and oxygen atoms in total. The normalized spacial score (nSPS) is 9.70. The van der Waals surface area contributed by atoms with Crippen LogP contribution in [-0.4, -0.2) is 0 Å². The quantitative estimate of drug-likeness (QED) is 0.569. The van der Waals surface area contributed by atoms with Crippen molar-refractivity contribution in [3.8, 4) is 0 Å². The number of benzene rings is 1. The topological polar surface area (TPSA) is 52.0 Å². The molecule has 0 amide bonds. The summed E-state index contributed by atoms with van der Waals surface area (Å²) in [5, 5.41) is 0. The zero-order chi connectivity index (χ0) is 7.56. The van der Waals surface area contributed by atoms with E-state index in [9.17, 15) is 0 Å². The van der Waals surface area contributed by atoms with Gasteiger partial charge >= 0.3 is 0 Å². The average molecular weight is 135 g/mol. The van der Waals surface area contributed by atoms with Gasteiger partial charge in [0.15, 0.2) is 0 Å². The molecule has 0 aliphatic rings. The van der Waals surface area contributed by atoms with E-state index in [1.807, 2.05) is 12.1 Å². The highest BCUT2D eigenvalue weighted by Gasteiger charge is 1.94. The summed E-state index contributed by atoms with van der Waals surface area (Å²) in [5.74, 6) is 0. The summed E-state index contributed by atoms with van der Waals surface area (Å²) in [6, 6.07) is 5.48. The van der Waals surface area contributed by atoms with Gasteiger partial charge in [0.1, 0.15) is 0 Å². The highest BCUT2D eigenvalue weighted by atomic mass is 14.6. The molecular formula is C8H11N2. The van der Waals surface area contributed by atoms with Gasteiger partial charge in [0.25, 0.3) is 0 Å². The van der Waals surface area contributed by atoms with Crippen molar-refractivity contribution in [3.05, 3.63) is 30.7 Å². The second-order valence-electron chi connectivity index (χ2n) is 2.21. The minimum atomic E-state index is 0.703. The maximum atomic E-state index is 5.61. The Morgan fingerprint density at radius 1 is 1.30 bits per heavy atom. The third-order valence-corrected chi connectivity index (χ3v) is 1.44. The summed E-state index contributed by atoms with van der Waals surface area (Å²) < 4.78 is 0. The molecule has 1 radical (unpaired) electrons. The van der Waals surface area contributed by atoms with E-state index < -0.39 is 0 Å². The largest absolute Gasteiger partial charge is 0.399 e. The Balaban J connectivity index is 3.07. The molecule has 0 saturated heterocycles. The van der Waals surface area contributed by atoms with E-state index in [0.717, 1.165) is 11.3 Å². The van der Waals surface area contributed by atoms with Gasteiger partial charge in [-0.2, -0.15) is 0 Å². The first kappa shape index (κ1) is 6.93. The van der Waals surface area contributed by atoms with E-state index in [1.165, 1.54) is 0 Å². The van der Waals surface area contributed by atoms with Gasteiger partial charge in [-0.15, -0.1) is 0 Å². The second-order valence-corrected chi connectivity index (χ2v) is 2.21.